The van der Waals surface area contributed by atoms with Gasteiger partial charge in [0.2, 0.25) is 0 Å². The maximum absolute atomic E-state index is 6.06. The smallest absolute Gasteiger partial charge is 0.191 e. The van der Waals surface area contributed by atoms with Crippen molar-refractivity contribution in [1.29, 1.82) is 0 Å². The minimum absolute atomic E-state index is 0. The molecule has 1 aromatic heterocycles. The van der Waals surface area contributed by atoms with E-state index in [0.717, 1.165) is 47.7 Å². The summed E-state index contributed by atoms with van der Waals surface area (Å²) >= 11 is 0. The maximum Gasteiger partial charge on any atom is 0.191 e. The van der Waals surface area contributed by atoms with Crippen molar-refractivity contribution in [2.45, 2.75) is 46.7 Å². The summed E-state index contributed by atoms with van der Waals surface area (Å²) in [4.78, 5) is 9.27. The molecule has 28 heavy (non-hydrogen) atoms. The molecule has 0 spiro atoms. The zero-order valence-corrected chi connectivity index (χ0v) is 19.3. The van der Waals surface area contributed by atoms with Crippen LogP contribution >= 0.6 is 24.0 Å². The number of aromatic nitrogens is 1. The molecule has 1 aliphatic carbocycles. The van der Waals surface area contributed by atoms with Gasteiger partial charge in [0.1, 0.15) is 5.75 Å². The second-order valence-corrected chi connectivity index (χ2v) is 7.18. The number of aryl methyl sites for hydroxylation is 2. The first kappa shape index (κ1) is 22.5. The van der Waals surface area contributed by atoms with Gasteiger partial charge in [-0.25, -0.2) is 4.99 Å². The average molecular weight is 494 g/mol. The fraction of sp³-hybridized carbons (Fsp3) is 0.455. The Kier molecular flexibility index (Phi) is 9.02. The van der Waals surface area contributed by atoms with Gasteiger partial charge in [-0.3, -0.25) is 4.98 Å². The zero-order chi connectivity index (χ0) is 19.1. The van der Waals surface area contributed by atoms with Crippen molar-refractivity contribution in [1.82, 2.24) is 15.6 Å². The third-order valence-corrected chi connectivity index (χ3v) is 4.53. The average Bonchev–Trinajstić information content (AvgIpc) is 3.48. The largest absolute Gasteiger partial charge is 0.493 e. The van der Waals surface area contributed by atoms with Crippen LogP contribution in [0.3, 0.4) is 0 Å². The number of halogens is 1. The number of hydrogen-bond donors (Lipinski definition) is 2. The van der Waals surface area contributed by atoms with Gasteiger partial charge in [0.15, 0.2) is 5.96 Å². The third-order valence-electron chi connectivity index (χ3n) is 4.53. The second kappa shape index (κ2) is 11.2. The van der Waals surface area contributed by atoms with Gasteiger partial charge >= 0.3 is 0 Å². The van der Waals surface area contributed by atoms with E-state index < -0.39 is 0 Å². The lowest BCUT2D eigenvalue weighted by Gasteiger charge is -2.13. The lowest BCUT2D eigenvalue weighted by molar-refractivity contribution is 0.296. The standard InChI is InChI=1S/C22H30N4O.HI/c1-4-23-22(25-14-20-7-5-6-17(3)26-20)24-13-19-11-8-16(2)12-21(19)27-15-18-9-10-18;/h5-8,11-12,18H,4,9-10,13-15H2,1-3H3,(H2,23,24,25);1H. The summed E-state index contributed by atoms with van der Waals surface area (Å²) in [5.41, 5.74) is 4.36. The molecule has 1 aliphatic rings. The van der Waals surface area contributed by atoms with Crippen LogP contribution in [0.5, 0.6) is 5.75 Å². The molecule has 1 aromatic carbocycles. The summed E-state index contributed by atoms with van der Waals surface area (Å²) in [6.45, 7) is 9.02. The highest BCUT2D eigenvalue weighted by Gasteiger charge is 2.22. The molecule has 2 aromatic rings. The second-order valence-electron chi connectivity index (χ2n) is 7.18. The monoisotopic (exact) mass is 494 g/mol. The summed E-state index contributed by atoms with van der Waals surface area (Å²) in [6.07, 6.45) is 2.58. The molecule has 6 heteroatoms. The SMILES string of the molecule is CCNC(=NCc1ccc(C)cc1OCC1CC1)NCc1cccc(C)n1.I. The third kappa shape index (κ3) is 7.30. The van der Waals surface area contributed by atoms with E-state index in [2.05, 4.69) is 47.7 Å². The Morgan fingerprint density at radius 3 is 2.71 bits per heavy atom. The molecule has 0 radical (unpaired) electrons. The fourth-order valence-corrected chi connectivity index (χ4v) is 2.80. The topological polar surface area (TPSA) is 58.5 Å². The number of nitrogens with zero attached hydrogens (tertiary/aromatic N) is 2. The van der Waals surface area contributed by atoms with E-state index in [1.54, 1.807) is 0 Å². The minimum atomic E-state index is 0. The van der Waals surface area contributed by atoms with Crippen molar-refractivity contribution in [3.63, 3.8) is 0 Å². The highest BCUT2D eigenvalue weighted by atomic mass is 127. The summed E-state index contributed by atoms with van der Waals surface area (Å²) in [6, 6.07) is 12.4. The van der Waals surface area contributed by atoms with Crippen LogP contribution < -0.4 is 15.4 Å². The Hall–Kier alpha value is -1.83. The van der Waals surface area contributed by atoms with Crippen molar-refractivity contribution >= 4 is 29.9 Å². The van der Waals surface area contributed by atoms with E-state index in [0.29, 0.717) is 13.1 Å². The molecular formula is C22H31IN4O. The summed E-state index contributed by atoms with van der Waals surface area (Å²) in [5, 5.41) is 6.66. The highest BCUT2D eigenvalue weighted by Crippen LogP contribution is 2.30. The maximum atomic E-state index is 6.06. The summed E-state index contributed by atoms with van der Waals surface area (Å²) in [7, 11) is 0. The van der Waals surface area contributed by atoms with E-state index in [-0.39, 0.29) is 24.0 Å². The first-order valence-corrected chi connectivity index (χ1v) is 9.81. The number of pyridine rings is 1. The molecule has 0 amide bonds. The summed E-state index contributed by atoms with van der Waals surface area (Å²) in [5.74, 6) is 2.49. The molecule has 0 aliphatic heterocycles. The van der Waals surface area contributed by atoms with E-state index in [1.807, 2.05) is 25.1 Å². The highest BCUT2D eigenvalue weighted by molar-refractivity contribution is 14.0. The van der Waals surface area contributed by atoms with Crippen LogP contribution in [0.2, 0.25) is 0 Å². The van der Waals surface area contributed by atoms with E-state index in [9.17, 15) is 0 Å². The minimum Gasteiger partial charge on any atom is -0.493 e. The lowest BCUT2D eigenvalue weighted by Crippen LogP contribution is -2.37. The van der Waals surface area contributed by atoms with Crippen molar-refractivity contribution in [3.05, 3.63) is 58.9 Å². The van der Waals surface area contributed by atoms with Crippen LogP contribution in [0.4, 0.5) is 0 Å². The predicted molar refractivity (Wildman–Crippen MR) is 125 cm³/mol. The molecule has 0 atom stereocenters. The molecule has 0 saturated heterocycles. The quantitative estimate of drug-likeness (QED) is 0.325. The van der Waals surface area contributed by atoms with E-state index in [1.165, 1.54) is 18.4 Å². The first-order valence-electron chi connectivity index (χ1n) is 9.81. The molecule has 2 N–H and O–H groups in total. The number of hydrogen-bond acceptors (Lipinski definition) is 3. The van der Waals surface area contributed by atoms with Crippen molar-refractivity contribution in [2.75, 3.05) is 13.2 Å². The molecule has 0 unspecified atom stereocenters. The number of guanidine groups is 1. The Bertz CT molecular complexity index is 790. The Balaban J connectivity index is 0.00000280. The van der Waals surface area contributed by atoms with Gasteiger partial charge in [-0.2, -0.15) is 0 Å². The first-order chi connectivity index (χ1) is 13.1. The molecular weight excluding hydrogens is 463 g/mol. The molecule has 1 saturated carbocycles. The number of nitrogens with one attached hydrogen (secondary N) is 2. The fourth-order valence-electron chi connectivity index (χ4n) is 2.80. The number of aliphatic imine (C=N–C) groups is 1. The van der Waals surface area contributed by atoms with Gasteiger partial charge in [0.05, 0.1) is 25.4 Å². The van der Waals surface area contributed by atoms with Crippen LogP contribution in [0.15, 0.2) is 41.4 Å². The molecule has 5 nitrogen and oxygen atoms in total. The number of rotatable bonds is 8. The van der Waals surface area contributed by atoms with Gasteiger partial charge in [0, 0.05) is 17.8 Å². The van der Waals surface area contributed by atoms with Gasteiger partial charge in [-0.15, -0.1) is 24.0 Å². The van der Waals surface area contributed by atoms with Crippen LogP contribution in [0.25, 0.3) is 0 Å². The number of benzene rings is 1. The molecule has 3 rings (SSSR count). The van der Waals surface area contributed by atoms with Crippen LogP contribution in [0.1, 0.15) is 42.3 Å². The van der Waals surface area contributed by atoms with E-state index in [4.69, 9.17) is 9.73 Å². The summed E-state index contributed by atoms with van der Waals surface area (Å²) < 4.78 is 6.06. The Morgan fingerprint density at radius 2 is 2.00 bits per heavy atom. The van der Waals surface area contributed by atoms with Gasteiger partial charge in [-0.05, 0) is 63.3 Å². The number of ether oxygens (including phenoxy) is 1. The lowest BCUT2D eigenvalue weighted by atomic mass is 10.1. The van der Waals surface area contributed by atoms with Crippen LogP contribution in [0, 0.1) is 19.8 Å². The Morgan fingerprint density at radius 1 is 1.18 bits per heavy atom. The molecule has 1 heterocycles. The van der Waals surface area contributed by atoms with Gasteiger partial charge < -0.3 is 15.4 Å². The van der Waals surface area contributed by atoms with Crippen LogP contribution in [-0.2, 0) is 13.1 Å². The van der Waals surface area contributed by atoms with E-state index >= 15 is 0 Å². The zero-order valence-electron chi connectivity index (χ0n) is 17.0. The Labute approximate surface area is 185 Å². The molecule has 0 bridgehead atoms. The van der Waals surface area contributed by atoms with Crippen molar-refractivity contribution < 1.29 is 4.74 Å². The predicted octanol–water partition coefficient (Wildman–Crippen LogP) is 4.36. The van der Waals surface area contributed by atoms with Gasteiger partial charge in [-0.1, -0.05) is 18.2 Å². The van der Waals surface area contributed by atoms with Gasteiger partial charge in [0.25, 0.3) is 0 Å². The van der Waals surface area contributed by atoms with Crippen molar-refractivity contribution in [2.24, 2.45) is 10.9 Å². The molecule has 1 fully saturated rings. The van der Waals surface area contributed by atoms with Crippen LogP contribution in [-0.4, -0.2) is 24.1 Å². The normalized spacial score (nSPS) is 13.6. The molecule has 152 valence electrons. The van der Waals surface area contributed by atoms with Crippen molar-refractivity contribution in [3.8, 4) is 5.75 Å².